The first-order chi connectivity index (χ1) is 7.36. The molecule has 2 aromatic rings. The van der Waals surface area contributed by atoms with Crippen LogP contribution in [-0.4, -0.2) is 11.1 Å². The Hall–Kier alpha value is -1.57. The second-order valence-electron chi connectivity index (χ2n) is 3.18. The van der Waals surface area contributed by atoms with Crippen molar-refractivity contribution in [2.24, 2.45) is 5.73 Å². The van der Waals surface area contributed by atoms with Crippen LogP contribution in [0.4, 0.5) is 0 Å². The first-order valence-electron chi connectivity index (χ1n) is 4.67. The predicted molar refractivity (Wildman–Crippen MR) is 60.7 cm³/mol. The molecule has 1 atom stereocenters. The molecule has 0 aromatic carbocycles. The van der Waals surface area contributed by atoms with E-state index in [0.717, 1.165) is 0 Å². The van der Waals surface area contributed by atoms with Crippen LogP contribution in [0.1, 0.15) is 16.6 Å². The topological polar surface area (TPSA) is 54.7 Å². The molecular formula is C11H11N3S. The lowest BCUT2D eigenvalue weighted by Gasteiger charge is -2.16. The zero-order valence-electron chi connectivity index (χ0n) is 8.13. The van der Waals surface area contributed by atoms with Gasteiger partial charge in [0.05, 0.1) is 6.04 Å². The molecule has 4 heteroatoms. The summed E-state index contributed by atoms with van der Waals surface area (Å²) in [6.07, 6.45) is 1.90. The molecule has 0 saturated carbocycles. The molecule has 0 aliphatic heterocycles. The highest BCUT2D eigenvalue weighted by atomic mass is 32.1. The minimum absolute atomic E-state index is 0.0784. The Balaban J connectivity index is 2.40. The van der Waals surface area contributed by atoms with Crippen LogP contribution in [0, 0.1) is 11.3 Å². The highest BCUT2D eigenvalue weighted by molar-refractivity contribution is 7.10. The van der Waals surface area contributed by atoms with Crippen molar-refractivity contribution in [1.82, 2.24) is 4.57 Å². The molecule has 0 bridgehead atoms. The SMILES string of the molecule is N#Cc1cccn1C(CN)c1cccs1. The average Bonchev–Trinajstić information content (AvgIpc) is 2.89. The molecule has 0 saturated heterocycles. The van der Waals surface area contributed by atoms with E-state index in [1.807, 2.05) is 34.3 Å². The minimum atomic E-state index is 0.0784. The molecule has 0 aliphatic rings. The third kappa shape index (κ3) is 1.80. The third-order valence-corrected chi connectivity index (χ3v) is 3.30. The van der Waals surface area contributed by atoms with Gasteiger partial charge in [-0.15, -0.1) is 11.3 Å². The largest absolute Gasteiger partial charge is 0.330 e. The number of rotatable bonds is 3. The number of aromatic nitrogens is 1. The van der Waals surface area contributed by atoms with E-state index < -0.39 is 0 Å². The van der Waals surface area contributed by atoms with Crippen LogP contribution in [0.25, 0.3) is 0 Å². The van der Waals surface area contributed by atoms with Gasteiger partial charge in [-0.3, -0.25) is 0 Å². The lowest BCUT2D eigenvalue weighted by Crippen LogP contribution is -2.19. The Bertz CT molecular complexity index is 464. The van der Waals surface area contributed by atoms with E-state index in [9.17, 15) is 0 Å². The van der Waals surface area contributed by atoms with E-state index in [2.05, 4.69) is 6.07 Å². The third-order valence-electron chi connectivity index (χ3n) is 2.32. The van der Waals surface area contributed by atoms with E-state index >= 15 is 0 Å². The molecule has 0 radical (unpaired) electrons. The number of nitrogens with zero attached hydrogens (tertiary/aromatic N) is 2. The fourth-order valence-electron chi connectivity index (χ4n) is 1.61. The van der Waals surface area contributed by atoms with Gasteiger partial charge < -0.3 is 10.3 Å². The molecule has 0 fully saturated rings. The summed E-state index contributed by atoms with van der Waals surface area (Å²) in [5.41, 5.74) is 6.41. The summed E-state index contributed by atoms with van der Waals surface area (Å²) in [7, 11) is 0. The van der Waals surface area contributed by atoms with Gasteiger partial charge in [0.15, 0.2) is 0 Å². The summed E-state index contributed by atoms with van der Waals surface area (Å²) in [5, 5.41) is 11.0. The van der Waals surface area contributed by atoms with Crippen LogP contribution in [0.5, 0.6) is 0 Å². The molecule has 76 valence electrons. The molecule has 0 amide bonds. The molecule has 15 heavy (non-hydrogen) atoms. The number of thiophene rings is 1. The van der Waals surface area contributed by atoms with Gasteiger partial charge in [0.1, 0.15) is 11.8 Å². The van der Waals surface area contributed by atoms with Gasteiger partial charge in [-0.05, 0) is 23.6 Å². The second-order valence-corrected chi connectivity index (χ2v) is 4.16. The fraction of sp³-hybridized carbons (Fsp3) is 0.182. The van der Waals surface area contributed by atoms with E-state index in [-0.39, 0.29) is 6.04 Å². The van der Waals surface area contributed by atoms with Crippen LogP contribution < -0.4 is 5.73 Å². The van der Waals surface area contributed by atoms with Crippen molar-refractivity contribution in [2.75, 3.05) is 6.54 Å². The highest BCUT2D eigenvalue weighted by Crippen LogP contribution is 2.23. The second kappa shape index (κ2) is 4.30. The molecule has 1 unspecified atom stereocenters. The average molecular weight is 217 g/mol. The zero-order chi connectivity index (χ0) is 10.7. The summed E-state index contributed by atoms with van der Waals surface area (Å²) >= 11 is 1.66. The number of nitriles is 1. The Morgan fingerprint density at radius 1 is 1.47 bits per heavy atom. The van der Waals surface area contributed by atoms with Crippen molar-refractivity contribution in [3.63, 3.8) is 0 Å². The Kier molecular flexibility index (Phi) is 2.86. The van der Waals surface area contributed by atoms with Crippen molar-refractivity contribution >= 4 is 11.3 Å². The van der Waals surface area contributed by atoms with Crippen molar-refractivity contribution < 1.29 is 0 Å². The van der Waals surface area contributed by atoms with Crippen molar-refractivity contribution in [1.29, 1.82) is 5.26 Å². The van der Waals surface area contributed by atoms with Crippen LogP contribution >= 0.6 is 11.3 Å². The van der Waals surface area contributed by atoms with Gasteiger partial charge in [-0.25, -0.2) is 0 Å². The van der Waals surface area contributed by atoms with Crippen molar-refractivity contribution in [3.05, 3.63) is 46.4 Å². The van der Waals surface area contributed by atoms with E-state index in [1.165, 1.54) is 4.88 Å². The maximum atomic E-state index is 8.94. The van der Waals surface area contributed by atoms with Crippen LogP contribution in [-0.2, 0) is 0 Å². The minimum Gasteiger partial charge on any atom is -0.330 e. The lowest BCUT2D eigenvalue weighted by molar-refractivity contribution is 0.602. The van der Waals surface area contributed by atoms with Gasteiger partial charge >= 0.3 is 0 Å². The van der Waals surface area contributed by atoms with E-state index in [1.54, 1.807) is 17.4 Å². The molecule has 3 nitrogen and oxygen atoms in total. The molecule has 2 N–H and O–H groups in total. The molecule has 0 aliphatic carbocycles. The Morgan fingerprint density at radius 3 is 2.93 bits per heavy atom. The van der Waals surface area contributed by atoms with Gasteiger partial charge in [-0.1, -0.05) is 6.07 Å². The van der Waals surface area contributed by atoms with Gasteiger partial charge in [0, 0.05) is 17.6 Å². The van der Waals surface area contributed by atoms with Crippen molar-refractivity contribution in [2.45, 2.75) is 6.04 Å². The van der Waals surface area contributed by atoms with Gasteiger partial charge in [0.25, 0.3) is 0 Å². The first kappa shape index (κ1) is 9.97. The summed E-state index contributed by atoms with van der Waals surface area (Å²) in [4.78, 5) is 1.19. The van der Waals surface area contributed by atoms with Gasteiger partial charge in [-0.2, -0.15) is 5.26 Å². The maximum absolute atomic E-state index is 8.94. The molecule has 2 heterocycles. The number of hydrogen-bond acceptors (Lipinski definition) is 3. The molecular weight excluding hydrogens is 206 g/mol. The fourth-order valence-corrected chi connectivity index (χ4v) is 2.45. The zero-order valence-corrected chi connectivity index (χ0v) is 8.95. The molecule has 2 rings (SSSR count). The number of hydrogen-bond donors (Lipinski definition) is 1. The predicted octanol–water partition coefficient (Wildman–Crippen LogP) is 1.97. The van der Waals surface area contributed by atoms with Crippen LogP contribution in [0.3, 0.4) is 0 Å². The standard InChI is InChI=1S/C11H11N3S/c12-7-9-3-1-5-14(9)10(8-13)11-4-2-6-15-11/h1-6,10H,8,13H2. The van der Waals surface area contributed by atoms with Gasteiger partial charge in [0.2, 0.25) is 0 Å². The van der Waals surface area contributed by atoms with Crippen LogP contribution in [0.2, 0.25) is 0 Å². The van der Waals surface area contributed by atoms with Crippen LogP contribution in [0.15, 0.2) is 35.8 Å². The maximum Gasteiger partial charge on any atom is 0.120 e. The molecule has 2 aromatic heterocycles. The normalized spacial score (nSPS) is 12.3. The monoisotopic (exact) mass is 217 g/mol. The smallest absolute Gasteiger partial charge is 0.120 e. The molecule has 0 spiro atoms. The van der Waals surface area contributed by atoms with E-state index in [4.69, 9.17) is 11.0 Å². The van der Waals surface area contributed by atoms with E-state index in [0.29, 0.717) is 12.2 Å². The summed E-state index contributed by atoms with van der Waals surface area (Å²) < 4.78 is 1.92. The lowest BCUT2D eigenvalue weighted by atomic mass is 10.2. The summed E-state index contributed by atoms with van der Waals surface area (Å²) in [6.45, 7) is 0.504. The Morgan fingerprint density at radius 2 is 2.33 bits per heavy atom. The highest BCUT2D eigenvalue weighted by Gasteiger charge is 2.14. The number of nitrogens with two attached hydrogens (primary N) is 1. The summed E-state index contributed by atoms with van der Waals surface area (Å²) in [5.74, 6) is 0. The summed E-state index contributed by atoms with van der Waals surface area (Å²) in [6, 6.07) is 9.96. The Labute approximate surface area is 92.4 Å². The quantitative estimate of drug-likeness (QED) is 0.854. The van der Waals surface area contributed by atoms with Crippen molar-refractivity contribution in [3.8, 4) is 6.07 Å². The first-order valence-corrected chi connectivity index (χ1v) is 5.55.